The van der Waals surface area contributed by atoms with Crippen LogP contribution >= 0.6 is 0 Å². The third kappa shape index (κ3) is 1.96. The Hall–Kier alpha value is -1.68. The predicted molar refractivity (Wildman–Crippen MR) is 64.2 cm³/mol. The zero-order valence-corrected chi connectivity index (χ0v) is 9.77. The van der Waals surface area contributed by atoms with Crippen molar-refractivity contribution >= 4 is 17.4 Å². The molecule has 1 aliphatic rings. The van der Waals surface area contributed by atoms with Gasteiger partial charge >= 0.3 is 0 Å². The molecule has 1 aromatic rings. The molecule has 1 amide bonds. The van der Waals surface area contributed by atoms with E-state index in [2.05, 4.69) is 0 Å². The van der Waals surface area contributed by atoms with Gasteiger partial charge in [0.25, 0.3) is 11.7 Å². The van der Waals surface area contributed by atoms with Crippen LogP contribution in [-0.2, 0) is 11.2 Å². The van der Waals surface area contributed by atoms with Crippen LogP contribution in [0.4, 0.5) is 5.69 Å². The van der Waals surface area contributed by atoms with Crippen LogP contribution in [0.15, 0.2) is 18.2 Å². The Bertz CT molecular complexity index is 468. The van der Waals surface area contributed by atoms with Gasteiger partial charge in [0.15, 0.2) is 0 Å². The lowest BCUT2D eigenvalue weighted by Gasteiger charge is -2.15. The van der Waals surface area contributed by atoms with Gasteiger partial charge in [0.05, 0.1) is 11.3 Å². The molecule has 0 saturated heterocycles. The van der Waals surface area contributed by atoms with Gasteiger partial charge in [-0.2, -0.15) is 0 Å². The fourth-order valence-corrected chi connectivity index (χ4v) is 2.02. The standard InChI is InChI=1S/C13H15NO3/c1-2-9-4-5-11-10(8-9)12(16)13(17)14(11)6-3-7-15/h4-5,8,15H,2-3,6-7H2,1H3. The van der Waals surface area contributed by atoms with Crippen molar-refractivity contribution in [1.29, 1.82) is 0 Å². The summed E-state index contributed by atoms with van der Waals surface area (Å²) >= 11 is 0. The third-order valence-electron chi connectivity index (χ3n) is 2.98. The molecule has 0 fully saturated rings. The lowest BCUT2D eigenvalue weighted by molar-refractivity contribution is -0.114. The van der Waals surface area contributed by atoms with E-state index < -0.39 is 11.7 Å². The summed E-state index contributed by atoms with van der Waals surface area (Å²) in [5.74, 6) is -0.921. The maximum absolute atomic E-state index is 11.8. The Morgan fingerprint density at radius 1 is 1.29 bits per heavy atom. The largest absolute Gasteiger partial charge is 0.396 e. The molecule has 0 unspecified atom stereocenters. The molecule has 90 valence electrons. The highest BCUT2D eigenvalue weighted by Gasteiger charge is 2.35. The summed E-state index contributed by atoms with van der Waals surface area (Å²) in [6.45, 7) is 2.41. The fourth-order valence-electron chi connectivity index (χ4n) is 2.02. The molecule has 0 radical (unpaired) electrons. The molecule has 0 atom stereocenters. The second-order valence-corrected chi connectivity index (χ2v) is 4.07. The van der Waals surface area contributed by atoms with Gasteiger partial charge < -0.3 is 10.0 Å². The summed E-state index contributed by atoms with van der Waals surface area (Å²) in [6, 6.07) is 5.53. The van der Waals surface area contributed by atoms with Gasteiger partial charge in [-0.3, -0.25) is 9.59 Å². The molecule has 2 rings (SSSR count). The van der Waals surface area contributed by atoms with Crippen molar-refractivity contribution in [2.45, 2.75) is 19.8 Å². The Morgan fingerprint density at radius 2 is 2.06 bits per heavy atom. The van der Waals surface area contributed by atoms with E-state index in [0.29, 0.717) is 24.2 Å². The quantitative estimate of drug-likeness (QED) is 0.794. The molecule has 0 saturated carbocycles. The third-order valence-corrected chi connectivity index (χ3v) is 2.98. The summed E-state index contributed by atoms with van der Waals surface area (Å²) in [6.07, 6.45) is 1.32. The van der Waals surface area contributed by atoms with Gasteiger partial charge in [-0.05, 0) is 30.5 Å². The van der Waals surface area contributed by atoms with Gasteiger partial charge in [-0.25, -0.2) is 0 Å². The van der Waals surface area contributed by atoms with Gasteiger partial charge in [-0.15, -0.1) is 0 Å². The number of carbonyl (C=O) groups is 2. The lowest BCUT2D eigenvalue weighted by Crippen LogP contribution is -2.31. The maximum atomic E-state index is 11.8. The van der Waals surface area contributed by atoms with Crippen molar-refractivity contribution in [3.8, 4) is 0 Å². The average molecular weight is 233 g/mol. The molecule has 0 spiro atoms. The van der Waals surface area contributed by atoms with Gasteiger partial charge in [0.1, 0.15) is 0 Å². The highest BCUT2D eigenvalue weighted by atomic mass is 16.3. The number of Topliss-reactive ketones (excluding diaryl/α,β-unsaturated/α-hetero) is 1. The van der Waals surface area contributed by atoms with Crippen LogP contribution in [0.3, 0.4) is 0 Å². The van der Waals surface area contributed by atoms with Gasteiger partial charge in [0.2, 0.25) is 0 Å². The van der Waals surface area contributed by atoms with Gasteiger partial charge in [0, 0.05) is 13.2 Å². The van der Waals surface area contributed by atoms with E-state index in [-0.39, 0.29) is 6.61 Å². The monoisotopic (exact) mass is 233 g/mol. The summed E-state index contributed by atoms with van der Waals surface area (Å²) in [7, 11) is 0. The van der Waals surface area contributed by atoms with E-state index >= 15 is 0 Å². The molecule has 1 aliphatic heterocycles. The number of benzene rings is 1. The number of fused-ring (bicyclic) bond motifs is 1. The Morgan fingerprint density at radius 3 is 2.71 bits per heavy atom. The first-order valence-corrected chi connectivity index (χ1v) is 5.79. The van der Waals surface area contributed by atoms with Crippen LogP contribution in [0.5, 0.6) is 0 Å². The smallest absolute Gasteiger partial charge is 0.299 e. The number of rotatable bonds is 4. The second-order valence-electron chi connectivity index (χ2n) is 4.07. The first kappa shape index (κ1) is 11.8. The molecule has 0 aromatic heterocycles. The number of amides is 1. The Balaban J connectivity index is 2.36. The highest BCUT2D eigenvalue weighted by molar-refractivity contribution is 6.52. The minimum atomic E-state index is -0.485. The van der Waals surface area contributed by atoms with E-state index in [1.807, 2.05) is 19.1 Å². The van der Waals surface area contributed by atoms with Crippen molar-refractivity contribution in [2.75, 3.05) is 18.1 Å². The predicted octanol–water partition coefficient (Wildman–Crippen LogP) is 1.16. The first-order chi connectivity index (χ1) is 8.19. The molecule has 1 aromatic carbocycles. The Labute approximate surface area is 99.9 Å². The van der Waals surface area contributed by atoms with Crippen LogP contribution < -0.4 is 4.90 Å². The van der Waals surface area contributed by atoms with Crippen LogP contribution in [0.2, 0.25) is 0 Å². The lowest BCUT2D eigenvalue weighted by atomic mass is 10.1. The average Bonchev–Trinajstić information content (AvgIpc) is 2.60. The van der Waals surface area contributed by atoms with Crippen LogP contribution in [0.1, 0.15) is 29.3 Å². The number of anilines is 1. The van der Waals surface area contributed by atoms with Gasteiger partial charge in [-0.1, -0.05) is 13.0 Å². The number of nitrogens with zero attached hydrogens (tertiary/aromatic N) is 1. The normalized spacial score (nSPS) is 14.4. The molecule has 1 heterocycles. The van der Waals surface area contributed by atoms with E-state index in [9.17, 15) is 9.59 Å². The van der Waals surface area contributed by atoms with Crippen molar-refractivity contribution in [3.63, 3.8) is 0 Å². The fraction of sp³-hybridized carbons (Fsp3) is 0.385. The van der Waals surface area contributed by atoms with Crippen molar-refractivity contribution in [3.05, 3.63) is 29.3 Å². The van der Waals surface area contributed by atoms with Crippen molar-refractivity contribution in [1.82, 2.24) is 0 Å². The van der Waals surface area contributed by atoms with E-state index in [1.54, 1.807) is 6.07 Å². The molecular formula is C13H15NO3. The zero-order chi connectivity index (χ0) is 12.4. The molecule has 1 N–H and O–H groups in total. The summed E-state index contributed by atoms with van der Waals surface area (Å²) in [5, 5.41) is 8.79. The SMILES string of the molecule is CCc1ccc2c(c1)C(=O)C(=O)N2CCCO. The molecule has 17 heavy (non-hydrogen) atoms. The summed E-state index contributed by atoms with van der Waals surface area (Å²) in [4.78, 5) is 25.0. The minimum absolute atomic E-state index is 0.0142. The molecule has 4 nitrogen and oxygen atoms in total. The molecule has 0 aliphatic carbocycles. The number of aliphatic hydroxyl groups excluding tert-OH is 1. The zero-order valence-electron chi connectivity index (χ0n) is 9.77. The summed E-state index contributed by atoms with van der Waals surface area (Å²) < 4.78 is 0. The second kappa shape index (κ2) is 4.67. The maximum Gasteiger partial charge on any atom is 0.299 e. The van der Waals surface area contributed by atoms with E-state index in [4.69, 9.17) is 5.11 Å². The molecule has 4 heteroatoms. The van der Waals surface area contributed by atoms with Crippen LogP contribution in [0, 0.1) is 0 Å². The number of carbonyl (C=O) groups excluding carboxylic acids is 2. The first-order valence-electron chi connectivity index (χ1n) is 5.79. The van der Waals surface area contributed by atoms with Crippen molar-refractivity contribution < 1.29 is 14.7 Å². The molecule has 0 bridgehead atoms. The summed E-state index contributed by atoms with van der Waals surface area (Å²) in [5.41, 5.74) is 2.21. The topological polar surface area (TPSA) is 57.6 Å². The number of aliphatic hydroxyl groups is 1. The number of ketones is 1. The van der Waals surface area contributed by atoms with Crippen LogP contribution in [-0.4, -0.2) is 29.9 Å². The number of aryl methyl sites for hydroxylation is 1. The Kier molecular flexibility index (Phi) is 3.24. The number of hydrogen-bond donors (Lipinski definition) is 1. The minimum Gasteiger partial charge on any atom is -0.396 e. The number of hydrogen-bond acceptors (Lipinski definition) is 3. The van der Waals surface area contributed by atoms with E-state index in [0.717, 1.165) is 12.0 Å². The van der Waals surface area contributed by atoms with Crippen LogP contribution in [0.25, 0.3) is 0 Å². The molecular weight excluding hydrogens is 218 g/mol. The van der Waals surface area contributed by atoms with E-state index in [1.165, 1.54) is 4.90 Å². The highest BCUT2D eigenvalue weighted by Crippen LogP contribution is 2.29. The van der Waals surface area contributed by atoms with Crippen molar-refractivity contribution in [2.24, 2.45) is 0 Å².